The number of aliphatic hydroxyl groups excluding tert-OH is 1. The minimum atomic E-state index is -1.16. The number of allylic oxidation sites excluding steroid dienone is 1. The first kappa shape index (κ1) is 16.7. The molecule has 26 heavy (non-hydrogen) atoms. The van der Waals surface area contributed by atoms with Crippen molar-refractivity contribution in [1.29, 1.82) is 0 Å². The predicted molar refractivity (Wildman–Crippen MR) is 91.8 cm³/mol. The summed E-state index contributed by atoms with van der Waals surface area (Å²) in [6.07, 6.45) is 4.40. The van der Waals surface area contributed by atoms with E-state index in [9.17, 15) is 19.5 Å². The molecular weight excluding hydrogens is 332 g/mol. The second-order valence-corrected chi connectivity index (χ2v) is 9.60. The molecule has 0 aromatic heterocycles. The summed E-state index contributed by atoms with van der Waals surface area (Å²) in [6, 6.07) is 0. The normalized spacial score (nSPS) is 52.4. The molecule has 0 amide bonds. The van der Waals surface area contributed by atoms with Crippen LogP contribution in [0.2, 0.25) is 0 Å². The number of carbonyl (C=O) groups excluding carboxylic acids is 3. The SMILES string of the molecule is C=C1C(=O)[C@]23CC[C@H]1CC2[C@@]12CCC[C@@](C)(COC1=O)C2C(CO)C3=O. The van der Waals surface area contributed by atoms with Gasteiger partial charge in [-0.2, -0.15) is 0 Å². The molecule has 6 aliphatic rings. The Hall–Kier alpha value is -1.49. The van der Waals surface area contributed by atoms with Gasteiger partial charge in [0.05, 0.1) is 24.0 Å². The molecule has 5 aliphatic carbocycles. The van der Waals surface area contributed by atoms with E-state index in [0.717, 1.165) is 19.3 Å². The topological polar surface area (TPSA) is 80.7 Å². The van der Waals surface area contributed by atoms with E-state index < -0.39 is 16.7 Å². The van der Waals surface area contributed by atoms with Crippen LogP contribution in [-0.2, 0) is 19.1 Å². The number of fused-ring (bicyclic) bond motifs is 2. The molecule has 0 aromatic rings. The lowest BCUT2D eigenvalue weighted by atomic mass is 9.33. The second kappa shape index (κ2) is 4.86. The third-order valence-corrected chi connectivity index (χ3v) is 8.75. The van der Waals surface area contributed by atoms with Crippen molar-refractivity contribution in [3.63, 3.8) is 0 Å². The van der Waals surface area contributed by atoms with E-state index in [0.29, 0.717) is 31.4 Å². The summed E-state index contributed by atoms with van der Waals surface area (Å²) in [4.78, 5) is 40.2. The summed E-state index contributed by atoms with van der Waals surface area (Å²) < 4.78 is 5.69. The molecular formula is C21H26O5. The number of ether oxygens (including phenoxy) is 1. The third kappa shape index (κ3) is 1.53. The quantitative estimate of drug-likeness (QED) is 0.441. The molecule has 5 nitrogen and oxygen atoms in total. The van der Waals surface area contributed by atoms with Crippen LogP contribution in [0.25, 0.3) is 0 Å². The molecule has 1 saturated heterocycles. The fourth-order valence-corrected chi connectivity index (χ4v) is 7.82. The Kier molecular flexibility index (Phi) is 3.12. The smallest absolute Gasteiger partial charge is 0.312 e. The standard InChI is InChI=1S/C21H26O5/c1-11-12-4-7-21(16(11)23)14(8-12)20-6-3-5-19(2,10-26-18(20)25)15(20)13(9-22)17(21)24/h12-15,22H,1,3-10H2,2H3/t12-,13?,14?,15?,19-,20+,21-/m0/s1. The molecule has 1 aliphatic heterocycles. The fraction of sp³-hybridized carbons (Fsp3) is 0.762. The van der Waals surface area contributed by atoms with Gasteiger partial charge in [0.25, 0.3) is 0 Å². The van der Waals surface area contributed by atoms with Crippen molar-refractivity contribution in [2.24, 2.45) is 39.9 Å². The van der Waals surface area contributed by atoms with Gasteiger partial charge < -0.3 is 9.84 Å². The van der Waals surface area contributed by atoms with Gasteiger partial charge >= 0.3 is 5.97 Å². The first-order valence-electron chi connectivity index (χ1n) is 9.89. The first-order valence-corrected chi connectivity index (χ1v) is 9.89. The zero-order chi connectivity index (χ0) is 18.5. The number of aliphatic hydroxyl groups is 1. The average molecular weight is 358 g/mol. The van der Waals surface area contributed by atoms with E-state index in [1.807, 2.05) is 0 Å². The third-order valence-electron chi connectivity index (χ3n) is 8.75. The highest BCUT2D eigenvalue weighted by Gasteiger charge is 2.78. The molecule has 6 fully saturated rings. The molecule has 6 rings (SSSR count). The Balaban J connectivity index is 1.78. The lowest BCUT2D eigenvalue weighted by Crippen LogP contribution is -2.75. The molecule has 1 N–H and O–H groups in total. The van der Waals surface area contributed by atoms with Crippen LogP contribution in [0.3, 0.4) is 0 Å². The van der Waals surface area contributed by atoms with Crippen molar-refractivity contribution in [1.82, 2.24) is 0 Å². The predicted octanol–water partition coefficient (Wildman–Crippen LogP) is 2.07. The van der Waals surface area contributed by atoms with Crippen LogP contribution in [0.1, 0.15) is 45.4 Å². The number of Topliss-reactive ketones (excluding diaryl/α,β-unsaturated/α-hetero) is 2. The van der Waals surface area contributed by atoms with E-state index in [-0.39, 0.29) is 47.3 Å². The molecule has 1 heterocycles. The summed E-state index contributed by atoms with van der Waals surface area (Å²) in [5.74, 6) is -1.62. The summed E-state index contributed by atoms with van der Waals surface area (Å²) >= 11 is 0. The van der Waals surface area contributed by atoms with Crippen molar-refractivity contribution in [2.45, 2.75) is 45.4 Å². The van der Waals surface area contributed by atoms with Crippen molar-refractivity contribution < 1.29 is 24.2 Å². The van der Waals surface area contributed by atoms with Gasteiger partial charge in [-0.1, -0.05) is 19.9 Å². The summed E-state index contributed by atoms with van der Waals surface area (Å²) in [7, 11) is 0. The Labute approximate surface area is 153 Å². The number of hydrogen-bond donors (Lipinski definition) is 1. The summed E-state index contributed by atoms with van der Waals surface area (Å²) in [5.41, 5.74) is -1.71. The molecule has 5 saturated carbocycles. The van der Waals surface area contributed by atoms with E-state index in [4.69, 9.17) is 4.74 Å². The van der Waals surface area contributed by atoms with Gasteiger partial charge in [-0.15, -0.1) is 0 Å². The zero-order valence-electron chi connectivity index (χ0n) is 15.3. The number of cyclic esters (lactones) is 1. The van der Waals surface area contributed by atoms with Crippen molar-refractivity contribution in [3.8, 4) is 0 Å². The van der Waals surface area contributed by atoms with Crippen LogP contribution in [0.4, 0.5) is 0 Å². The molecule has 5 heteroatoms. The van der Waals surface area contributed by atoms with Crippen molar-refractivity contribution >= 4 is 17.5 Å². The van der Waals surface area contributed by atoms with Crippen LogP contribution in [0, 0.1) is 39.9 Å². The van der Waals surface area contributed by atoms with E-state index in [1.165, 1.54) is 0 Å². The molecule has 3 unspecified atom stereocenters. The number of esters is 1. The molecule has 4 bridgehead atoms. The van der Waals surface area contributed by atoms with Crippen molar-refractivity contribution in [2.75, 3.05) is 13.2 Å². The molecule has 140 valence electrons. The van der Waals surface area contributed by atoms with Gasteiger partial charge in [-0.05, 0) is 55.4 Å². The summed E-state index contributed by atoms with van der Waals surface area (Å²) in [6.45, 7) is 6.09. The van der Waals surface area contributed by atoms with E-state index in [2.05, 4.69) is 13.5 Å². The maximum Gasteiger partial charge on any atom is 0.312 e. The van der Waals surface area contributed by atoms with Crippen LogP contribution in [-0.4, -0.2) is 35.9 Å². The van der Waals surface area contributed by atoms with Crippen molar-refractivity contribution in [3.05, 3.63) is 12.2 Å². The van der Waals surface area contributed by atoms with Crippen LogP contribution in [0.5, 0.6) is 0 Å². The highest BCUT2D eigenvalue weighted by atomic mass is 16.5. The number of hydrogen-bond acceptors (Lipinski definition) is 5. The number of rotatable bonds is 1. The lowest BCUT2D eigenvalue weighted by molar-refractivity contribution is -0.243. The largest absolute Gasteiger partial charge is 0.465 e. The van der Waals surface area contributed by atoms with E-state index >= 15 is 0 Å². The Bertz CT molecular complexity index is 756. The maximum absolute atomic E-state index is 13.7. The maximum atomic E-state index is 13.7. The van der Waals surface area contributed by atoms with Crippen LogP contribution in [0.15, 0.2) is 12.2 Å². The Morgan fingerprint density at radius 3 is 2.73 bits per heavy atom. The molecule has 0 radical (unpaired) electrons. The molecule has 0 aromatic carbocycles. The van der Waals surface area contributed by atoms with Gasteiger partial charge in [-0.25, -0.2) is 0 Å². The van der Waals surface area contributed by atoms with Gasteiger partial charge in [0.2, 0.25) is 0 Å². The lowest BCUT2D eigenvalue weighted by Gasteiger charge is -2.68. The number of carbonyl (C=O) groups is 3. The Morgan fingerprint density at radius 1 is 1.23 bits per heavy atom. The van der Waals surface area contributed by atoms with Gasteiger partial charge in [0, 0.05) is 11.3 Å². The average Bonchev–Trinajstić information content (AvgIpc) is 2.63. The first-order chi connectivity index (χ1) is 12.3. The highest BCUT2D eigenvalue weighted by molar-refractivity contribution is 6.17. The van der Waals surface area contributed by atoms with Gasteiger partial charge in [0.15, 0.2) is 11.6 Å². The molecule has 7 atom stereocenters. The second-order valence-electron chi connectivity index (χ2n) is 9.60. The Morgan fingerprint density at radius 2 is 2.00 bits per heavy atom. The minimum absolute atomic E-state index is 0.0748. The van der Waals surface area contributed by atoms with E-state index in [1.54, 1.807) is 0 Å². The fourth-order valence-electron chi connectivity index (χ4n) is 7.82. The molecule has 1 spiro atoms. The summed E-state index contributed by atoms with van der Waals surface area (Å²) in [5, 5.41) is 10.2. The van der Waals surface area contributed by atoms with Crippen LogP contribution < -0.4 is 0 Å². The monoisotopic (exact) mass is 358 g/mol. The van der Waals surface area contributed by atoms with Gasteiger partial charge in [0.1, 0.15) is 0 Å². The number of ketones is 2. The van der Waals surface area contributed by atoms with Gasteiger partial charge in [-0.3, -0.25) is 14.4 Å². The zero-order valence-corrected chi connectivity index (χ0v) is 15.3. The van der Waals surface area contributed by atoms with Crippen LogP contribution >= 0.6 is 0 Å². The minimum Gasteiger partial charge on any atom is -0.465 e. The highest BCUT2D eigenvalue weighted by Crippen LogP contribution is 2.72.